The van der Waals surface area contributed by atoms with E-state index in [2.05, 4.69) is 0 Å². The van der Waals surface area contributed by atoms with E-state index in [9.17, 15) is 9.59 Å². The van der Waals surface area contributed by atoms with Crippen LogP contribution < -0.4 is 10.5 Å². The molecule has 0 aliphatic rings. The fraction of sp³-hybridized carbons (Fsp3) is 0.364. The number of esters is 2. The van der Waals surface area contributed by atoms with Crippen molar-refractivity contribution >= 4 is 17.6 Å². The van der Waals surface area contributed by atoms with Crippen molar-refractivity contribution in [3.63, 3.8) is 0 Å². The Hall–Kier alpha value is -2.82. The molecule has 2 aromatic carbocycles. The van der Waals surface area contributed by atoms with Crippen molar-refractivity contribution in [3.8, 4) is 5.75 Å². The molecule has 0 aliphatic carbocycles. The summed E-state index contributed by atoms with van der Waals surface area (Å²) in [5.41, 5.74) is 7.88. The highest BCUT2D eigenvalue weighted by Crippen LogP contribution is 2.19. The number of nitrogen functional groups attached to an aromatic ring is 1. The summed E-state index contributed by atoms with van der Waals surface area (Å²) in [4.78, 5) is 24.4. The van der Waals surface area contributed by atoms with Crippen LogP contribution in [0.15, 0.2) is 48.5 Å². The molecule has 2 aromatic rings. The summed E-state index contributed by atoms with van der Waals surface area (Å²) < 4.78 is 10.6. The van der Waals surface area contributed by atoms with Gasteiger partial charge in [-0.15, -0.1) is 0 Å². The van der Waals surface area contributed by atoms with Crippen molar-refractivity contribution in [2.24, 2.45) is 5.92 Å². The maximum absolute atomic E-state index is 12.5. The summed E-state index contributed by atoms with van der Waals surface area (Å²) in [6.45, 7) is 4.40. The smallest absolute Gasteiger partial charge is 0.338 e. The Morgan fingerprint density at radius 2 is 1.67 bits per heavy atom. The lowest BCUT2D eigenvalue weighted by Crippen LogP contribution is -2.22. The second kappa shape index (κ2) is 10.4. The van der Waals surface area contributed by atoms with Crippen LogP contribution >= 0.6 is 0 Å². The molecule has 1 unspecified atom stereocenters. The molecule has 144 valence electrons. The molecule has 0 saturated heterocycles. The molecule has 0 aliphatic heterocycles. The molecule has 0 spiro atoms. The van der Waals surface area contributed by atoms with Gasteiger partial charge in [-0.2, -0.15) is 0 Å². The van der Waals surface area contributed by atoms with E-state index in [1.807, 2.05) is 38.1 Å². The zero-order valence-corrected chi connectivity index (χ0v) is 15.9. The van der Waals surface area contributed by atoms with Crippen LogP contribution in [0.5, 0.6) is 5.75 Å². The van der Waals surface area contributed by atoms with Crippen LogP contribution in [0.3, 0.4) is 0 Å². The highest BCUT2D eigenvalue weighted by molar-refractivity contribution is 5.89. The van der Waals surface area contributed by atoms with Crippen LogP contribution in [-0.2, 0) is 16.0 Å². The third kappa shape index (κ3) is 6.44. The van der Waals surface area contributed by atoms with Crippen LogP contribution in [-0.4, -0.2) is 18.5 Å². The fourth-order valence-electron chi connectivity index (χ4n) is 2.58. The van der Waals surface area contributed by atoms with Crippen molar-refractivity contribution in [1.82, 2.24) is 0 Å². The van der Waals surface area contributed by atoms with Crippen LogP contribution in [0.1, 0.15) is 49.0 Å². The molecule has 0 bridgehead atoms. The summed E-state index contributed by atoms with van der Waals surface area (Å²) in [6.07, 6.45) is 3.08. The van der Waals surface area contributed by atoms with Gasteiger partial charge in [0.15, 0.2) is 0 Å². The number of carbonyl (C=O) groups is 2. The number of benzene rings is 2. The Balaban J connectivity index is 1.93. The molecular weight excluding hydrogens is 342 g/mol. The summed E-state index contributed by atoms with van der Waals surface area (Å²) in [7, 11) is 0. The van der Waals surface area contributed by atoms with Crippen molar-refractivity contribution in [2.75, 3.05) is 12.3 Å². The van der Waals surface area contributed by atoms with Gasteiger partial charge < -0.3 is 15.2 Å². The molecule has 0 aromatic heterocycles. The lowest BCUT2D eigenvalue weighted by Gasteiger charge is -2.14. The van der Waals surface area contributed by atoms with E-state index in [1.54, 1.807) is 24.3 Å². The molecular formula is C22H27NO4. The predicted octanol–water partition coefficient (Wildman–Crippen LogP) is 4.40. The van der Waals surface area contributed by atoms with E-state index >= 15 is 0 Å². The molecule has 27 heavy (non-hydrogen) atoms. The summed E-state index contributed by atoms with van der Waals surface area (Å²) in [6, 6.07) is 13.9. The van der Waals surface area contributed by atoms with Gasteiger partial charge in [0.05, 0.1) is 18.1 Å². The van der Waals surface area contributed by atoms with Crippen molar-refractivity contribution in [2.45, 2.75) is 39.5 Å². The number of ether oxygens (including phenoxy) is 2. The van der Waals surface area contributed by atoms with Crippen LogP contribution in [0.4, 0.5) is 5.69 Å². The Kier molecular flexibility index (Phi) is 7.86. The van der Waals surface area contributed by atoms with Gasteiger partial charge >= 0.3 is 11.9 Å². The first-order valence-corrected chi connectivity index (χ1v) is 9.36. The zero-order chi connectivity index (χ0) is 19.6. The molecule has 5 nitrogen and oxygen atoms in total. The molecule has 2 rings (SSSR count). The number of hydrogen-bond acceptors (Lipinski definition) is 5. The quantitative estimate of drug-likeness (QED) is 0.307. The topological polar surface area (TPSA) is 78.6 Å². The van der Waals surface area contributed by atoms with Gasteiger partial charge in [0, 0.05) is 5.69 Å². The van der Waals surface area contributed by atoms with Gasteiger partial charge in [0.25, 0.3) is 0 Å². The highest BCUT2D eigenvalue weighted by atomic mass is 16.5. The Morgan fingerprint density at radius 3 is 2.26 bits per heavy atom. The average molecular weight is 369 g/mol. The minimum absolute atomic E-state index is 0.243. The number of rotatable bonds is 9. The number of hydrogen-bond donors (Lipinski definition) is 1. The zero-order valence-electron chi connectivity index (χ0n) is 15.9. The number of carbonyl (C=O) groups excluding carboxylic acids is 2. The SMILES string of the molecule is CCCCOC(=O)c1ccc(OC(=O)C(CC)Cc2ccc(N)cc2)cc1. The lowest BCUT2D eigenvalue weighted by atomic mass is 9.97. The van der Waals surface area contributed by atoms with Crippen molar-refractivity contribution < 1.29 is 19.1 Å². The van der Waals surface area contributed by atoms with E-state index in [0.29, 0.717) is 36.4 Å². The minimum atomic E-state index is -0.365. The summed E-state index contributed by atoms with van der Waals surface area (Å²) in [5.74, 6) is -0.475. The highest BCUT2D eigenvalue weighted by Gasteiger charge is 2.19. The maximum Gasteiger partial charge on any atom is 0.338 e. The van der Waals surface area contributed by atoms with Gasteiger partial charge in [-0.05, 0) is 61.2 Å². The monoisotopic (exact) mass is 369 g/mol. The van der Waals surface area contributed by atoms with E-state index in [0.717, 1.165) is 18.4 Å². The van der Waals surface area contributed by atoms with Gasteiger partial charge in [0.1, 0.15) is 5.75 Å². The van der Waals surface area contributed by atoms with Gasteiger partial charge in [0.2, 0.25) is 0 Å². The first-order chi connectivity index (χ1) is 13.0. The second-order valence-corrected chi connectivity index (χ2v) is 6.49. The summed E-state index contributed by atoms with van der Waals surface area (Å²) in [5, 5.41) is 0. The van der Waals surface area contributed by atoms with E-state index < -0.39 is 0 Å². The lowest BCUT2D eigenvalue weighted by molar-refractivity contribution is -0.139. The minimum Gasteiger partial charge on any atom is -0.462 e. The first-order valence-electron chi connectivity index (χ1n) is 9.36. The fourth-order valence-corrected chi connectivity index (χ4v) is 2.58. The van der Waals surface area contributed by atoms with Crippen molar-refractivity contribution in [3.05, 3.63) is 59.7 Å². The molecule has 0 saturated carbocycles. The predicted molar refractivity (Wildman–Crippen MR) is 106 cm³/mol. The van der Waals surface area contributed by atoms with Crippen LogP contribution in [0, 0.1) is 5.92 Å². The normalized spacial score (nSPS) is 11.6. The first kappa shape index (κ1) is 20.5. The number of unbranched alkanes of at least 4 members (excludes halogenated alkanes) is 1. The molecule has 0 amide bonds. The molecule has 2 N–H and O–H groups in total. The van der Waals surface area contributed by atoms with E-state index in [1.165, 1.54) is 0 Å². The second-order valence-electron chi connectivity index (χ2n) is 6.49. The average Bonchev–Trinajstić information content (AvgIpc) is 2.68. The van der Waals surface area contributed by atoms with Crippen molar-refractivity contribution in [1.29, 1.82) is 0 Å². The van der Waals surface area contributed by atoms with Crippen LogP contribution in [0.25, 0.3) is 0 Å². The molecule has 0 fully saturated rings. The Labute approximate surface area is 160 Å². The Bertz CT molecular complexity index is 738. The standard InChI is InChI=1S/C22H27NO4/c1-3-5-14-26-21(24)18-8-12-20(13-9-18)27-22(25)17(4-2)15-16-6-10-19(23)11-7-16/h6-13,17H,3-5,14-15,23H2,1-2H3. The maximum atomic E-state index is 12.5. The molecule has 5 heteroatoms. The van der Waals surface area contributed by atoms with E-state index in [-0.39, 0.29) is 17.9 Å². The third-order valence-corrected chi connectivity index (χ3v) is 4.33. The van der Waals surface area contributed by atoms with E-state index in [4.69, 9.17) is 15.2 Å². The summed E-state index contributed by atoms with van der Waals surface area (Å²) >= 11 is 0. The third-order valence-electron chi connectivity index (χ3n) is 4.33. The van der Waals surface area contributed by atoms with Gasteiger partial charge in [-0.25, -0.2) is 4.79 Å². The Morgan fingerprint density at radius 1 is 1.00 bits per heavy atom. The molecule has 0 heterocycles. The number of anilines is 1. The van der Waals surface area contributed by atoms with Gasteiger partial charge in [-0.3, -0.25) is 4.79 Å². The largest absolute Gasteiger partial charge is 0.462 e. The van der Waals surface area contributed by atoms with Gasteiger partial charge in [-0.1, -0.05) is 32.4 Å². The molecule has 0 radical (unpaired) electrons. The number of nitrogens with two attached hydrogens (primary N) is 1. The van der Waals surface area contributed by atoms with Crippen LogP contribution in [0.2, 0.25) is 0 Å². The molecule has 1 atom stereocenters.